The predicted octanol–water partition coefficient (Wildman–Crippen LogP) is 3.18. The molecule has 2 bridgehead atoms. The normalized spacial score (nSPS) is 22.3. The second-order valence-corrected chi connectivity index (χ2v) is 6.51. The molecule has 2 atom stereocenters. The highest BCUT2D eigenvalue weighted by Crippen LogP contribution is 2.52. The number of ether oxygens (including phenoxy) is 5. The Balaban J connectivity index is 1.95. The highest BCUT2D eigenvalue weighted by molar-refractivity contribution is 5.62. The first-order chi connectivity index (χ1) is 13.1. The zero-order valence-corrected chi connectivity index (χ0v) is 15.7. The number of phenols is 1. The Bertz CT molecular complexity index is 894. The van der Waals surface area contributed by atoms with Crippen molar-refractivity contribution in [2.45, 2.75) is 18.1 Å². The van der Waals surface area contributed by atoms with Crippen molar-refractivity contribution in [1.82, 2.24) is 0 Å². The van der Waals surface area contributed by atoms with E-state index in [-0.39, 0.29) is 11.9 Å². The lowest BCUT2D eigenvalue weighted by molar-refractivity contribution is -0.0121. The Labute approximate surface area is 157 Å². The minimum Gasteiger partial charge on any atom is -0.504 e. The van der Waals surface area contributed by atoms with Gasteiger partial charge in [-0.05, 0) is 35.4 Å². The van der Waals surface area contributed by atoms with Crippen molar-refractivity contribution in [3.05, 3.63) is 53.1 Å². The molecule has 2 aromatic rings. The van der Waals surface area contributed by atoms with Crippen molar-refractivity contribution in [2.75, 3.05) is 28.4 Å². The standard InChI is InChI=1S/C21H22O6/c1-23-16-6-5-15-14(19(16)22)11-13-7-8-21(15,27-13)12-9-17(24-2)20(26-4)18(10-12)25-3/h5-10,13,22H,11H2,1-4H3/t13-,21-/m1/s1. The Morgan fingerprint density at radius 3 is 2.22 bits per heavy atom. The van der Waals surface area contributed by atoms with Gasteiger partial charge in [-0.25, -0.2) is 0 Å². The van der Waals surface area contributed by atoms with Gasteiger partial charge < -0.3 is 28.8 Å². The maximum absolute atomic E-state index is 10.7. The average molecular weight is 370 g/mol. The molecule has 0 saturated carbocycles. The summed E-state index contributed by atoms with van der Waals surface area (Å²) < 4.78 is 28.1. The van der Waals surface area contributed by atoms with Crippen LogP contribution in [0.5, 0.6) is 28.7 Å². The zero-order chi connectivity index (χ0) is 19.2. The maximum atomic E-state index is 10.7. The molecule has 0 unspecified atom stereocenters. The summed E-state index contributed by atoms with van der Waals surface area (Å²) in [5.74, 6) is 2.23. The van der Waals surface area contributed by atoms with Crippen LogP contribution >= 0.6 is 0 Å². The minimum absolute atomic E-state index is 0.130. The Hall–Kier alpha value is -2.86. The van der Waals surface area contributed by atoms with Gasteiger partial charge in [-0.3, -0.25) is 0 Å². The molecule has 6 heteroatoms. The van der Waals surface area contributed by atoms with E-state index in [1.54, 1.807) is 34.5 Å². The van der Waals surface area contributed by atoms with Gasteiger partial charge in [0.1, 0.15) is 5.60 Å². The fourth-order valence-electron chi connectivity index (χ4n) is 3.97. The quantitative estimate of drug-likeness (QED) is 0.816. The van der Waals surface area contributed by atoms with Gasteiger partial charge in [0.15, 0.2) is 23.0 Å². The number of methoxy groups -OCH3 is 4. The van der Waals surface area contributed by atoms with Crippen molar-refractivity contribution in [2.24, 2.45) is 0 Å². The van der Waals surface area contributed by atoms with Gasteiger partial charge in [0.25, 0.3) is 0 Å². The summed E-state index contributed by atoms with van der Waals surface area (Å²) in [6.45, 7) is 0. The summed E-state index contributed by atoms with van der Waals surface area (Å²) >= 11 is 0. The molecule has 0 radical (unpaired) electrons. The molecule has 2 aromatic carbocycles. The topological polar surface area (TPSA) is 66.4 Å². The Kier molecular flexibility index (Phi) is 4.15. The molecule has 0 spiro atoms. The highest BCUT2D eigenvalue weighted by atomic mass is 16.5. The molecular weight excluding hydrogens is 348 g/mol. The van der Waals surface area contributed by atoms with Crippen molar-refractivity contribution in [3.63, 3.8) is 0 Å². The molecule has 0 aliphatic carbocycles. The summed E-state index contributed by atoms with van der Waals surface area (Å²) in [5.41, 5.74) is 1.69. The monoisotopic (exact) mass is 370 g/mol. The first-order valence-corrected chi connectivity index (χ1v) is 8.65. The van der Waals surface area contributed by atoms with Crippen LogP contribution in [0.2, 0.25) is 0 Å². The van der Waals surface area contributed by atoms with Crippen LogP contribution in [0.3, 0.4) is 0 Å². The summed E-state index contributed by atoms with van der Waals surface area (Å²) in [5, 5.41) is 10.7. The molecule has 142 valence electrons. The molecule has 4 rings (SSSR count). The molecule has 2 heterocycles. The number of hydrogen-bond donors (Lipinski definition) is 1. The van der Waals surface area contributed by atoms with E-state index in [0.717, 1.165) is 16.7 Å². The first kappa shape index (κ1) is 17.5. The van der Waals surface area contributed by atoms with Crippen molar-refractivity contribution < 1.29 is 28.8 Å². The molecule has 27 heavy (non-hydrogen) atoms. The van der Waals surface area contributed by atoms with Crippen LogP contribution in [-0.4, -0.2) is 39.6 Å². The second kappa shape index (κ2) is 6.39. The van der Waals surface area contributed by atoms with Crippen LogP contribution in [0.1, 0.15) is 16.7 Å². The molecule has 0 saturated heterocycles. The Morgan fingerprint density at radius 2 is 1.63 bits per heavy atom. The van der Waals surface area contributed by atoms with E-state index in [4.69, 9.17) is 23.7 Å². The molecule has 0 fully saturated rings. The van der Waals surface area contributed by atoms with E-state index in [1.807, 2.05) is 30.4 Å². The zero-order valence-electron chi connectivity index (χ0n) is 15.7. The summed E-state index contributed by atoms with van der Waals surface area (Å²) in [4.78, 5) is 0. The van der Waals surface area contributed by atoms with Gasteiger partial charge in [-0.15, -0.1) is 0 Å². The number of fused-ring (bicyclic) bond motifs is 4. The summed E-state index contributed by atoms with van der Waals surface area (Å²) in [7, 11) is 6.28. The number of rotatable bonds is 5. The average Bonchev–Trinajstić information content (AvgIpc) is 3.06. The second-order valence-electron chi connectivity index (χ2n) is 6.51. The summed E-state index contributed by atoms with van der Waals surface area (Å²) in [6.07, 6.45) is 4.50. The molecule has 6 nitrogen and oxygen atoms in total. The van der Waals surface area contributed by atoms with Crippen LogP contribution in [0, 0.1) is 0 Å². The van der Waals surface area contributed by atoms with Crippen molar-refractivity contribution >= 4 is 0 Å². The summed E-state index contributed by atoms with van der Waals surface area (Å²) in [6, 6.07) is 7.45. The van der Waals surface area contributed by atoms with Crippen molar-refractivity contribution in [1.29, 1.82) is 0 Å². The largest absolute Gasteiger partial charge is 0.504 e. The van der Waals surface area contributed by atoms with E-state index in [1.165, 1.54) is 0 Å². The van der Waals surface area contributed by atoms with Gasteiger partial charge in [0, 0.05) is 12.0 Å². The molecule has 2 aliphatic heterocycles. The molecule has 0 amide bonds. The molecule has 1 N–H and O–H groups in total. The van der Waals surface area contributed by atoms with E-state index in [2.05, 4.69) is 0 Å². The minimum atomic E-state index is -0.838. The fourth-order valence-corrected chi connectivity index (χ4v) is 3.97. The van der Waals surface area contributed by atoms with Crippen LogP contribution in [0.15, 0.2) is 36.4 Å². The van der Waals surface area contributed by atoms with Gasteiger partial charge in [-0.1, -0.05) is 12.1 Å². The number of aromatic hydroxyl groups is 1. The smallest absolute Gasteiger partial charge is 0.203 e. The van der Waals surface area contributed by atoms with Gasteiger partial charge >= 0.3 is 0 Å². The van der Waals surface area contributed by atoms with Crippen LogP contribution < -0.4 is 18.9 Å². The maximum Gasteiger partial charge on any atom is 0.203 e. The number of phenolic OH excluding ortho intramolecular Hbond substituents is 1. The fraction of sp³-hybridized carbons (Fsp3) is 0.333. The van der Waals surface area contributed by atoms with E-state index in [0.29, 0.717) is 29.4 Å². The van der Waals surface area contributed by atoms with Crippen LogP contribution in [-0.2, 0) is 16.8 Å². The van der Waals surface area contributed by atoms with Gasteiger partial charge in [-0.2, -0.15) is 0 Å². The third-order valence-electron chi connectivity index (χ3n) is 5.25. The van der Waals surface area contributed by atoms with Crippen molar-refractivity contribution in [3.8, 4) is 28.7 Å². The lowest BCUT2D eigenvalue weighted by atomic mass is 9.81. The third kappa shape index (κ3) is 2.44. The lowest BCUT2D eigenvalue weighted by Gasteiger charge is -2.37. The number of benzene rings is 2. The number of hydrogen-bond acceptors (Lipinski definition) is 6. The molecular formula is C21H22O6. The lowest BCUT2D eigenvalue weighted by Crippen LogP contribution is -2.35. The van der Waals surface area contributed by atoms with Gasteiger partial charge in [0.2, 0.25) is 5.75 Å². The predicted molar refractivity (Wildman–Crippen MR) is 99.3 cm³/mol. The van der Waals surface area contributed by atoms with Crippen LogP contribution in [0.4, 0.5) is 0 Å². The molecule has 2 aliphatic rings. The molecule has 0 aromatic heterocycles. The SMILES string of the molecule is COc1ccc2c(c1O)C[C@H]1C=C[C@]2(c2cc(OC)c(OC)c(OC)c2)O1. The van der Waals surface area contributed by atoms with E-state index >= 15 is 0 Å². The first-order valence-electron chi connectivity index (χ1n) is 8.65. The van der Waals surface area contributed by atoms with E-state index in [9.17, 15) is 5.11 Å². The third-order valence-corrected chi connectivity index (χ3v) is 5.25. The van der Waals surface area contributed by atoms with E-state index < -0.39 is 5.60 Å². The highest BCUT2D eigenvalue weighted by Gasteiger charge is 2.46. The van der Waals surface area contributed by atoms with Gasteiger partial charge in [0.05, 0.1) is 34.5 Å². The van der Waals surface area contributed by atoms with Crippen LogP contribution in [0.25, 0.3) is 0 Å². The Morgan fingerprint density at radius 1 is 0.963 bits per heavy atom.